The van der Waals surface area contributed by atoms with Crippen molar-refractivity contribution in [3.63, 3.8) is 0 Å². The minimum absolute atomic E-state index is 0.0679. The summed E-state index contributed by atoms with van der Waals surface area (Å²) in [5, 5.41) is 10.5. The zero-order valence-corrected chi connectivity index (χ0v) is 12.4. The topological polar surface area (TPSA) is 66.3 Å². The number of carbonyl (C=O) groups is 1. The lowest BCUT2D eigenvalue weighted by Crippen LogP contribution is -2.45. The minimum Gasteiger partial charge on any atom is -0.393 e. The van der Waals surface area contributed by atoms with Gasteiger partial charge in [0.15, 0.2) is 10.9 Å². The summed E-state index contributed by atoms with van der Waals surface area (Å²) in [6.07, 6.45) is 3.55. The van der Waals surface area contributed by atoms with E-state index >= 15 is 0 Å². The molecular weight excluding hydrogens is 286 g/mol. The summed E-state index contributed by atoms with van der Waals surface area (Å²) < 4.78 is 0. The number of halogens is 1. The van der Waals surface area contributed by atoms with Crippen molar-refractivity contribution in [2.75, 3.05) is 19.3 Å². The van der Waals surface area contributed by atoms with E-state index in [1.54, 1.807) is 4.90 Å². The van der Waals surface area contributed by atoms with E-state index in [-0.39, 0.29) is 28.6 Å². The fourth-order valence-electron chi connectivity index (χ4n) is 2.07. The Hall–Kier alpha value is -0.850. The van der Waals surface area contributed by atoms with Crippen LogP contribution in [0.25, 0.3) is 0 Å². The first-order valence-corrected chi connectivity index (χ1v) is 7.67. The fourth-order valence-corrected chi connectivity index (χ4v) is 2.58. The van der Waals surface area contributed by atoms with Gasteiger partial charge in [-0.25, -0.2) is 9.97 Å². The van der Waals surface area contributed by atoms with Crippen LogP contribution in [0.1, 0.15) is 23.8 Å². The molecule has 2 unspecified atom stereocenters. The van der Waals surface area contributed by atoms with E-state index < -0.39 is 0 Å². The summed E-state index contributed by atoms with van der Waals surface area (Å²) in [5.74, 6) is -0.125. The summed E-state index contributed by atoms with van der Waals surface area (Å²) >= 11 is 7.37. The molecule has 5 nitrogen and oxygen atoms in total. The van der Waals surface area contributed by atoms with Crippen molar-refractivity contribution in [1.29, 1.82) is 0 Å². The Kier molecular flexibility index (Phi) is 4.65. The van der Waals surface area contributed by atoms with Gasteiger partial charge in [0.1, 0.15) is 0 Å². The third kappa shape index (κ3) is 3.19. The molecule has 1 saturated heterocycles. The Labute approximate surface area is 121 Å². The SMILES string of the molecule is CSc1ncc(Cl)c(C(=O)N2CCC(O)C(C)C2)n1. The number of thioether (sulfide) groups is 1. The number of likely N-dealkylation sites (tertiary alicyclic amines) is 1. The molecule has 0 aliphatic carbocycles. The van der Waals surface area contributed by atoms with Crippen LogP contribution < -0.4 is 0 Å². The molecule has 2 atom stereocenters. The molecule has 0 aromatic carbocycles. The first-order valence-electron chi connectivity index (χ1n) is 6.06. The van der Waals surface area contributed by atoms with Crippen molar-refractivity contribution in [2.24, 2.45) is 5.92 Å². The van der Waals surface area contributed by atoms with E-state index in [4.69, 9.17) is 11.6 Å². The molecule has 1 aliphatic heterocycles. The molecule has 0 saturated carbocycles. The van der Waals surface area contributed by atoms with Crippen molar-refractivity contribution in [1.82, 2.24) is 14.9 Å². The quantitative estimate of drug-likeness (QED) is 0.665. The summed E-state index contributed by atoms with van der Waals surface area (Å²) in [4.78, 5) is 22.3. The number of aliphatic hydroxyl groups is 1. The van der Waals surface area contributed by atoms with Gasteiger partial charge < -0.3 is 10.0 Å². The smallest absolute Gasteiger partial charge is 0.274 e. The second-order valence-electron chi connectivity index (χ2n) is 4.64. The highest BCUT2D eigenvalue weighted by atomic mass is 35.5. The van der Waals surface area contributed by atoms with Crippen LogP contribution >= 0.6 is 23.4 Å². The second-order valence-corrected chi connectivity index (χ2v) is 5.82. The standard InChI is InChI=1S/C12H16ClN3O2S/c1-7-6-16(4-3-9(7)17)11(18)10-8(13)5-14-12(15-10)19-2/h5,7,9,17H,3-4,6H2,1-2H3. The first kappa shape index (κ1) is 14.6. The van der Waals surface area contributed by atoms with Gasteiger partial charge in [0, 0.05) is 13.1 Å². The summed E-state index contributed by atoms with van der Waals surface area (Å²) in [6.45, 7) is 2.98. The van der Waals surface area contributed by atoms with Gasteiger partial charge in [0.25, 0.3) is 5.91 Å². The number of hydrogen-bond acceptors (Lipinski definition) is 5. The number of aliphatic hydroxyl groups excluding tert-OH is 1. The molecule has 1 N–H and O–H groups in total. The molecule has 7 heteroatoms. The fraction of sp³-hybridized carbons (Fsp3) is 0.583. The molecular formula is C12H16ClN3O2S. The second kappa shape index (κ2) is 6.07. The Balaban J connectivity index is 2.20. The third-order valence-corrected chi connectivity index (χ3v) is 4.09. The highest BCUT2D eigenvalue weighted by Gasteiger charge is 2.29. The summed E-state index contributed by atoms with van der Waals surface area (Å²) in [7, 11) is 0. The van der Waals surface area contributed by atoms with Gasteiger partial charge in [-0.2, -0.15) is 0 Å². The predicted octanol–water partition coefficient (Wildman–Crippen LogP) is 1.69. The van der Waals surface area contributed by atoms with Crippen molar-refractivity contribution in [3.05, 3.63) is 16.9 Å². The van der Waals surface area contributed by atoms with Crippen molar-refractivity contribution < 1.29 is 9.90 Å². The number of hydrogen-bond donors (Lipinski definition) is 1. The molecule has 104 valence electrons. The van der Waals surface area contributed by atoms with Gasteiger partial charge in [-0.1, -0.05) is 30.3 Å². The lowest BCUT2D eigenvalue weighted by molar-refractivity contribution is 0.0293. The van der Waals surface area contributed by atoms with Crippen LogP contribution in [-0.4, -0.2) is 51.3 Å². The third-order valence-electron chi connectivity index (χ3n) is 3.25. The van der Waals surface area contributed by atoms with Gasteiger partial charge in [-0.3, -0.25) is 4.79 Å². The van der Waals surface area contributed by atoms with Gasteiger partial charge in [-0.15, -0.1) is 0 Å². The van der Waals surface area contributed by atoms with Crippen LogP contribution in [0.4, 0.5) is 0 Å². The van der Waals surface area contributed by atoms with Crippen molar-refractivity contribution in [3.8, 4) is 0 Å². The molecule has 2 heterocycles. The van der Waals surface area contributed by atoms with Crippen LogP contribution in [-0.2, 0) is 0 Å². The highest BCUT2D eigenvalue weighted by molar-refractivity contribution is 7.98. The summed E-state index contributed by atoms with van der Waals surface area (Å²) in [6, 6.07) is 0. The Morgan fingerprint density at radius 3 is 3.00 bits per heavy atom. The molecule has 1 aliphatic rings. The average molecular weight is 302 g/mol. The van der Waals surface area contributed by atoms with E-state index in [2.05, 4.69) is 9.97 Å². The van der Waals surface area contributed by atoms with Gasteiger partial charge in [-0.05, 0) is 18.6 Å². The molecule has 19 heavy (non-hydrogen) atoms. The van der Waals surface area contributed by atoms with Crippen molar-refractivity contribution in [2.45, 2.75) is 24.6 Å². The lowest BCUT2D eigenvalue weighted by atomic mass is 9.96. The van der Waals surface area contributed by atoms with E-state index in [0.717, 1.165) is 0 Å². The Morgan fingerprint density at radius 1 is 1.63 bits per heavy atom. The number of aromatic nitrogens is 2. The number of amides is 1. The number of nitrogens with zero attached hydrogens (tertiary/aromatic N) is 3. The largest absolute Gasteiger partial charge is 0.393 e. The molecule has 0 spiro atoms. The van der Waals surface area contributed by atoms with Crippen molar-refractivity contribution >= 4 is 29.3 Å². The van der Waals surface area contributed by atoms with Crippen LogP contribution in [0.2, 0.25) is 5.02 Å². The molecule has 1 aromatic rings. The minimum atomic E-state index is -0.341. The maximum atomic E-state index is 12.4. The molecule has 0 bridgehead atoms. The predicted molar refractivity (Wildman–Crippen MR) is 74.5 cm³/mol. The molecule has 0 radical (unpaired) electrons. The molecule has 1 amide bonds. The van der Waals surface area contributed by atoms with E-state index in [1.807, 2.05) is 13.2 Å². The van der Waals surface area contributed by atoms with E-state index in [1.165, 1.54) is 18.0 Å². The number of rotatable bonds is 2. The lowest BCUT2D eigenvalue weighted by Gasteiger charge is -2.34. The van der Waals surface area contributed by atoms with Crippen LogP contribution in [0.3, 0.4) is 0 Å². The number of piperidine rings is 1. The Bertz CT molecular complexity index is 486. The van der Waals surface area contributed by atoms with E-state index in [9.17, 15) is 9.90 Å². The molecule has 1 aromatic heterocycles. The van der Waals surface area contributed by atoms with Crippen LogP contribution in [0, 0.1) is 5.92 Å². The monoisotopic (exact) mass is 301 g/mol. The first-order chi connectivity index (χ1) is 9.02. The normalized spacial score (nSPS) is 23.5. The Morgan fingerprint density at radius 2 is 2.37 bits per heavy atom. The zero-order valence-electron chi connectivity index (χ0n) is 10.8. The maximum Gasteiger partial charge on any atom is 0.274 e. The maximum absolute atomic E-state index is 12.4. The number of carbonyl (C=O) groups excluding carboxylic acids is 1. The molecule has 1 fully saturated rings. The zero-order chi connectivity index (χ0) is 14.0. The summed E-state index contributed by atoms with van der Waals surface area (Å²) in [5.41, 5.74) is 0.240. The van der Waals surface area contributed by atoms with E-state index in [0.29, 0.717) is 24.7 Å². The average Bonchev–Trinajstić information content (AvgIpc) is 2.41. The van der Waals surface area contributed by atoms with Gasteiger partial charge in [0.05, 0.1) is 17.3 Å². The van der Waals surface area contributed by atoms with Crippen LogP contribution in [0.5, 0.6) is 0 Å². The van der Waals surface area contributed by atoms with Gasteiger partial charge in [0.2, 0.25) is 0 Å². The van der Waals surface area contributed by atoms with Gasteiger partial charge >= 0.3 is 0 Å². The highest BCUT2D eigenvalue weighted by Crippen LogP contribution is 2.22. The van der Waals surface area contributed by atoms with Crippen LogP contribution in [0.15, 0.2) is 11.4 Å². The molecule has 2 rings (SSSR count).